The average molecular weight is 721 g/mol. The Kier molecular flexibility index (Phi) is 25.0. The fraction of sp³-hybridized carbons (Fsp3) is 0.861. The minimum atomic E-state index is -4.85. The molecule has 0 heterocycles. The molecule has 0 unspecified atom stereocenters. The highest BCUT2D eigenvalue weighted by molar-refractivity contribution is 7.46. The molecule has 1 aliphatic carbocycles. The molecule has 1 saturated carbocycles. The van der Waals surface area contributed by atoms with Crippen molar-refractivity contribution in [3.05, 3.63) is 12.2 Å². The van der Waals surface area contributed by atoms with Crippen LogP contribution in [-0.4, -0.2) is 80.5 Å². The van der Waals surface area contributed by atoms with E-state index in [0.717, 1.165) is 38.5 Å². The highest BCUT2D eigenvalue weighted by atomic mass is 31.2. The molecule has 0 aromatic carbocycles. The van der Waals surface area contributed by atoms with Crippen LogP contribution in [-0.2, 0) is 32.9 Å². The number of unbranched alkanes of at least 4 members (excludes halogenated alkanes) is 12. The number of phosphoric acid groups is 1. The SMILES string of the molecule is CCCCCCCCCCCCC(=O)OC[C@H](COP(=O)(O)O)OC(=O)CCCCC(=O)C[C@@H]1[C@@H](/C=C/[C@@H](O)CCCCC)[C@H](O)C[C@@H]1O. The van der Waals surface area contributed by atoms with E-state index < -0.39 is 69.2 Å². The molecule has 1 aliphatic rings. The van der Waals surface area contributed by atoms with Crippen molar-refractivity contribution >= 4 is 25.5 Å². The number of aliphatic hydroxyl groups is 3. The van der Waals surface area contributed by atoms with Gasteiger partial charge in [-0.15, -0.1) is 0 Å². The van der Waals surface area contributed by atoms with Gasteiger partial charge < -0.3 is 34.6 Å². The minimum absolute atomic E-state index is 0.0654. The van der Waals surface area contributed by atoms with E-state index >= 15 is 0 Å². The van der Waals surface area contributed by atoms with Gasteiger partial charge in [-0.05, 0) is 25.7 Å². The van der Waals surface area contributed by atoms with Gasteiger partial charge in [-0.25, -0.2) is 4.57 Å². The van der Waals surface area contributed by atoms with Gasteiger partial charge in [0, 0.05) is 43.9 Å². The van der Waals surface area contributed by atoms with Crippen molar-refractivity contribution in [2.24, 2.45) is 11.8 Å². The van der Waals surface area contributed by atoms with Crippen LogP contribution < -0.4 is 0 Å². The van der Waals surface area contributed by atoms with Gasteiger partial charge in [-0.2, -0.15) is 0 Å². The van der Waals surface area contributed by atoms with Gasteiger partial charge in [0.1, 0.15) is 12.4 Å². The number of hydrogen-bond acceptors (Lipinski definition) is 10. The summed E-state index contributed by atoms with van der Waals surface area (Å²) in [6.07, 6.45) is 15.8. The van der Waals surface area contributed by atoms with Crippen LogP contribution in [0.2, 0.25) is 0 Å². The Morgan fingerprint density at radius 1 is 0.755 bits per heavy atom. The van der Waals surface area contributed by atoms with E-state index in [1.54, 1.807) is 12.2 Å². The number of hydrogen-bond donors (Lipinski definition) is 5. The molecule has 1 rings (SSSR count). The van der Waals surface area contributed by atoms with Crippen LogP contribution in [0.25, 0.3) is 0 Å². The van der Waals surface area contributed by atoms with Crippen LogP contribution in [0.3, 0.4) is 0 Å². The Morgan fingerprint density at radius 3 is 1.94 bits per heavy atom. The van der Waals surface area contributed by atoms with E-state index in [2.05, 4.69) is 18.4 Å². The summed E-state index contributed by atoms with van der Waals surface area (Å²) in [4.78, 5) is 55.5. The third-order valence-electron chi connectivity index (χ3n) is 9.02. The van der Waals surface area contributed by atoms with Crippen LogP contribution in [0.15, 0.2) is 12.2 Å². The molecule has 12 nitrogen and oxygen atoms in total. The second-order valence-corrected chi connectivity index (χ2v) is 14.8. The maximum atomic E-state index is 12.7. The molecule has 286 valence electrons. The van der Waals surface area contributed by atoms with Crippen molar-refractivity contribution in [1.29, 1.82) is 0 Å². The molecule has 1 fully saturated rings. The summed E-state index contributed by atoms with van der Waals surface area (Å²) in [5.74, 6) is -2.19. The minimum Gasteiger partial charge on any atom is -0.462 e. The molecule has 0 aromatic heterocycles. The number of Topliss-reactive ketones (excluding diaryl/α,β-unsaturated/α-hetero) is 1. The molecular weight excluding hydrogens is 655 g/mol. The molecule has 49 heavy (non-hydrogen) atoms. The lowest BCUT2D eigenvalue weighted by Gasteiger charge is -2.20. The number of rotatable bonds is 30. The molecule has 0 radical (unpaired) electrons. The van der Waals surface area contributed by atoms with E-state index in [4.69, 9.17) is 19.3 Å². The standard InChI is InChI=1S/C36H65O12P/c1-3-5-7-8-9-10-11-12-13-15-20-35(41)46-26-30(27-47-49(43,44)45)48-36(42)21-17-16-19-29(38)24-32-31(33(39)25-34(32)40)23-22-28(37)18-14-6-4-2/h22-23,28,30-34,37,39-40H,3-21,24-27H2,1-2H3,(H2,43,44,45)/b23-22+/t28-,30+,31+,32+,33+,34-/m0/s1. The third-order valence-corrected chi connectivity index (χ3v) is 9.50. The largest absolute Gasteiger partial charge is 0.469 e. The van der Waals surface area contributed by atoms with E-state index in [9.17, 15) is 34.3 Å². The van der Waals surface area contributed by atoms with E-state index in [1.807, 2.05) is 0 Å². The topological polar surface area (TPSA) is 197 Å². The monoisotopic (exact) mass is 720 g/mol. The molecule has 5 N–H and O–H groups in total. The Morgan fingerprint density at radius 2 is 1.31 bits per heavy atom. The summed E-state index contributed by atoms with van der Waals surface area (Å²) in [5, 5.41) is 31.1. The zero-order chi connectivity index (χ0) is 36.5. The first-order valence-electron chi connectivity index (χ1n) is 18.7. The van der Waals surface area contributed by atoms with Crippen molar-refractivity contribution in [3.8, 4) is 0 Å². The summed E-state index contributed by atoms with van der Waals surface area (Å²) in [6, 6.07) is 0. The van der Waals surface area contributed by atoms with Gasteiger partial charge in [0.25, 0.3) is 0 Å². The van der Waals surface area contributed by atoms with E-state index in [1.165, 1.54) is 38.5 Å². The summed E-state index contributed by atoms with van der Waals surface area (Å²) in [5.41, 5.74) is 0. The summed E-state index contributed by atoms with van der Waals surface area (Å²) in [7, 11) is -4.85. The lowest BCUT2D eigenvalue weighted by Crippen LogP contribution is -2.29. The van der Waals surface area contributed by atoms with Crippen LogP contribution in [0, 0.1) is 11.8 Å². The smallest absolute Gasteiger partial charge is 0.462 e. The van der Waals surface area contributed by atoms with Gasteiger partial charge in [-0.3, -0.25) is 18.9 Å². The van der Waals surface area contributed by atoms with Crippen molar-refractivity contribution in [1.82, 2.24) is 0 Å². The molecule has 0 saturated heterocycles. The maximum absolute atomic E-state index is 12.7. The zero-order valence-electron chi connectivity index (χ0n) is 29.9. The Hall–Kier alpha value is -1.66. The number of ether oxygens (including phenoxy) is 2. The Labute approximate surface area is 293 Å². The summed E-state index contributed by atoms with van der Waals surface area (Å²) >= 11 is 0. The van der Waals surface area contributed by atoms with Crippen LogP contribution >= 0.6 is 7.82 Å². The lowest BCUT2D eigenvalue weighted by molar-refractivity contribution is -0.161. The quantitative estimate of drug-likeness (QED) is 0.0243. The first-order valence-corrected chi connectivity index (χ1v) is 20.2. The first-order chi connectivity index (χ1) is 23.4. The second kappa shape index (κ2) is 27.1. The summed E-state index contributed by atoms with van der Waals surface area (Å²) < 4.78 is 26.2. The lowest BCUT2D eigenvalue weighted by atomic mass is 9.87. The van der Waals surface area contributed by atoms with Crippen molar-refractivity contribution in [2.75, 3.05) is 13.2 Å². The maximum Gasteiger partial charge on any atom is 0.469 e. The predicted octanol–water partition coefficient (Wildman–Crippen LogP) is 6.24. The molecule has 0 amide bonds. The van der Waals surface area contributed by atoms with Gasteiger partial charge >= 0.3 is 19.8 Å². The molecule has 0 aromatic rings. The average Bonchev–Trinajstić information content (AvgIpc) is 3.30. The Bertz CT molecular complexity index is 983. The first kappa shape index (κ1) is 45.4. The second-order valence-electron chi connectivity index (χ2n) is 13.5. The normalized spacial score (nSPS) is 20.8. The van der Waals surface area contributed by atoms with Crippen molar-refractivity contribution in [3.63, 3.8) is 0 Å². The number of ketones is 1. The number of phosphoric ester groups is 1. The van der Waals surface area contributed by atoms with Crippen molar-refractivity contribution < 1.29 is 58.1 Å². The Balaban J connectivity index is 2.40. The number of aliphatic hydroxyl groups excluding tert-OH is 3. The predicted molar refractivity (Wildman–Crippen MR) is 186 cm³/mol. The van der Waals surface area contributed by atoms with Gasteiger partial charge in [0.15, 0.2) is 6.10 Å². The highest BCUT2D eigenvalue weighted by Crippen LogP contribution is 2.37. The van der Waals surface area contributed by atoms with Gasteiger partial charge in [0.2, 0.25) is 0 Å². The van der Waals surface area contributed by atoms with Crippen LogP contribution in [0.4, 0.5) is 0 Å². The molecule has 0 spiro atoms. The molecule has 0 aliphatic heterocycles. The van der Waals surface area contributed by atoms with E-state index in [-0.39, 0.29) is 37.9 Å². The van der Waals surface area contributed by atoms with Gasteiger partial charge in [0.05, 0.1) is 24.9 Å². The summed E-state index contributed by atoms with van der Waals surface area (Å²) in [6.45, 7) is 3.22. The third kappa shape index (κ3) is 23.4. The van der Waals surface area contributed by atoms with Gasteiger partial charge in [-0.1, -0.05) is 103 Å². The fourth-order valence-corrected chi connectivity index (χ4v) is 6.49. The number of carbonyl (C=O) groups is 3. The van der Waals surface area contributed by atoms with Crippen LogP contribution in [0.1, 0.15) is 149 Å². The highest BCUT2D eigenvalue weighted by Gasteiger charge is 2.41. The fourth-order valence-electron chi connectivity index (χ4n) is 6.13. The molecule has 0 bridgehead atoms. The number of esters is 2. The zero-order valence-corrected chi connectivity index (χ0v) is 30.8. The number of carbonyl (C=O) groups excluding carboxylic acids is 3. The molecule has 13 heteroatoms. The van der Waals surface area contributed by atoms with Crippen molar-refractivity contribution in [2.45, 2.75) is 173 Å². The molecular formula is C36H65O12P. The van der Waals surface area contributed by atoms with Crippen LogP contribution in [0.5, 0.6) is 0 Å². The van der Waals surface area contributed by atoms with E-state index in [0.29, 0.717) is 25.7 Å². The molecule has 6 atom stereocenters.